The van der Waals surface area contributed by atoms with Gasteiger partial charge in [-0.05, 0) is 66.5 Å². The first-order chi connectivity index (χ1) is 8.49. The first kappa shape index (κ1) is 14.1. The molecule has 4 heteroatoms. The largest absolute Gasteiger partial charge is 0.336 e. The number of carbonyl (C=O) groups is 1. The second-order valence-electron chi connectivity index (χ2n) is 5.12. The van der Waals surface area contributed by atoms with E-state index in [1.165, 1.54) is 6.42 Å². The number of hydrogen-bond donors (Lipinski definition) is 0. The molecule has 0 spiro atoms. The second-order valence-corrected chi connectivity index (χ2v) is 6.69. The third-order valence-electron chi connectivity index (χ3n) is 3.55. The van der Waals surface area contributed by atoms with Gasteiger partial charge in [0.2, 0.25) is 0 Å². The van der Waals surface area contributed by atoms with E-state index < -0.39 is 0 Å². The van der Waals surface area contributed by atoms with Gasteiger partial charge in [-0.25, -0.2) is 0 Å². The summed E-state index contributed by atoms with van der Waals surface area (Å²) in [6.45, 7) is 5.18. The minimum atomic E-state index is 0.104. The predicted octanol–water partition coefficient (Wildman–Crippen LogP) is 4.21. The maximum Gasteiger partial charge on any atom is 0.254 e. The summed E-state index contributed by atoms with van der Waals surface area (Å²) >= 11 is 8.25. The molecule has 1 aliphatic rings. The van der Waals surface area contributed by atoms with Crippen molar-refractivity contribution in [1.29, 1.82) is 0 Å². The normalized spacial score (nSPS) is 24.1. The lowest BCUT2D eigenvalue weighted by Crippen LogP contribution is -2.44. The molecular formula is C14H17ClINO. The number of piperidine rings is 1. The zero-order valence-electron chi connectivity index (χ0n) is 10.6. The summed E-state index contributed by atoms with van der Waals surface area (Å²) < 4.78 is 0.978. The van der Waals surface area contributed by atoms with Crippen LogP contribution in [0.5, 0.6) is 0 Å². The summed E-state index contributed by atoms with van der Waals surface area (Å²) in [4.78, 5) is 14.5. The van der Waals surface area contributed by atoms with Crippen LogP contribution >= 0.6 is 34.2 Å². The van der Waals surface area contributed by atoms with Crippen LogP contribution in [0.4, 0.5) is 0 Å². The zero-order chi connectivity index (χ0) is 13.3. The minimum absolute atomic E-state index is 0.104. The van der Waals surface area contributed by atoms with Gasteiger partial charge in [-0.2, -0.15) is 0 Å². The number of amides is 1. The topological polar surface area (TPSA) is 20.3 Å². The van der Waals surface area contributed by atoms with E-state index in [-0.39, 0.29) is 5.91 Å². The van der Waals surface area contributed by atoms with Crippen LogP contribution in [0.3, 0.4) is 0 Å². The summed E-state index contributed by atoms with van der Waals surface area (Å²) in [6, 6.07) is 5.86. The first-order valence-corrected chi connectivity index (χ1v) is 7.70. The number of rotatable bonds is 1. The third kappa shape index (κ3) is 2.99. The van der Waals surface area contributed by atoms with Gasteiger partial charge in [-0.15, -0.1) is 0 Å². The Morgan fingerprint density at radius 1 is 1.39 bits per heavy atom. The average molecular weight is 378 g/mol. The molecule has 2 atom stereocenters. The molecule has 1 amide bonds. The lowest BCUT2D eigenvalue weighted by molar-refractivity contribution is 0.0574. The average Bonchev–Trinajstić information content (AvgIpc) is 2.35. The summed E-state index contributed by atoms with van der Waals surface area (Å²) in [7, 11) is 0. The van der Waals surface area contributed by atoms with Gasteiger partial charge in [0, 0.05) is 21.7 Å². The molecule has 1 heterocycles. The SMILES string of the molecule is CC1CCC(C)N(C(=O)c2ccc(I)c(Cl)c2)C1. The van der Waals surface area contributed by atoms with Crippen LogP contribution in [0.15, 0.2) is 18.2 Å². The molecule has 1 saturated heterocycles. The van der Waals surface area contributed by atoms with E-state index in [2.05, 4.69) is 36.4 Å². The number of carbonyl (C=O) groups excluding carboxylic acids is 1. The van der Waals surface area contributed by atoms with E-state index in [0.29, 0.717) is 22.5 Å². The van der Waals surface area contributed by atoms with Gasteiger partial charge in [0.1, 0.15) is 0 Å². The smallest absolute Gasteiger partial charge is 0.254 e. The van der Waals surface area contributed by atoms with Crippen LogP contribution in [-0.2, 0) is 0 Å². The van der Waals surface area contributed by atoms with E-state index in [4.69, 9.17) is 11.6 Å². The standard InChI is InChI=1S/C14H17ClINO/c1-9-3-4-10(2)17(8-9)14(18)11-5-6-13(16)12(15)7-11/h5-7,9-10H,3-4,8H2,1-2H3. The number of benzene rings is 1. The van der Waals surface area contributed by atoms with E-state index in [1.54, 1.807) is 6.07 Å². The molecule has 0 saturated carbocycles. The summed E-state index contributed by atoms with van der Waals surface area (Å²) in [6.07, 6.45) is 2.30. The summed E-state index contributed by atoms with van der Waals surface area (Å²) in [5.41, 5.74) is 0.696. The molecule has 0 N–H and O–H groups in total. The lowest BCUT2D eigenvalue weighted by atomic mass is 9.94. The number of nitrogens with zero attached hydrogens (tertiary/aromatic N) is 1. The van der Waals surface area contributed by atoms with Crippen molar-refractivity contribution in [3.05, 3.63) is 32.4 Å². The highest BCUT2D eigenvalue weighted by atomic mass is 127. The lowest BCUT2D eigenvalue weighted by Gasteiger charge is -2.37. The van der Waals surface area contributed by atoms with Gasteiger partial charge >= 0.3 is 0 Å². The maximum atomic E-state index is 12.5. The van der Waals surface area contributed by atoms with Gasteiger partial charge in [0.05, 0.1) is 5.02 Å². The Morgan fingerprint density at radius 2 is 2.11 bits per heavy atom. The summed E-state index contributed by atoms with van der Waals surface area (Å²) in [5.74, 6) is 0.692. The van der Waals surface area contributed by atoms with Gasteiger partial charge < -0.3 is 4.90 Å². The van der Waals surface area contributed by atoms with Gasteiger partial charge in [0.25, 0.3) is 5.91 Å². The Hall–Kier alpha value is -0.290. The number of likely N-dealkylation sites (tertiary alicyclic amines) is 1. The summed E-state index contributed by atoms with van der Waals surface area (Å²) in [5, 5.41) is 0.652. The molecule has 2 nitrogen and oxygen atoms in total. The van der Waals surface area contributed by atoms with Crippen LogP contribution in [0, 0.1) is 9.49 Å². The molecular weight excluding hydrogens is 361 g/mol. The van der Waals surface area contributed by atoms with Crippen molar-refractivity contribution >= 4 is 40.1 Å². The Balaban J connectivity index is 2.21. The molecule has 2 rings (SSSR count). The van der Waals surface area contributed by atoms with E-state index >= 15 is 0 Å². The van der Waals surface area contributed by atoms with Crippen LogP contribution in [0.25, 0.3) is 0 Å². The van der Waals surface area contributed by atoms with Crippen LogP contribution in [0.2, 0.25) is 5.02 Å². The Morgan fingerprint density at radius 3 is 2.78 bits per heavy atom. The first-order valence-electron chi connectivity index (χ1n) is 6.25. The molecule has 0 aliphatic carbocycles. The highest BCUT2D eigenvalue weighted by molar-refractivity contribution is 14.1. The van der Waals surface area contributed by atoms with Crippen molar-refractivity contribution in [2.75, 3.05) is 6.54 Å². The quantitative estimate of drug-likeness (QED) is 0.672. The molecule has 0 aromatic heterocycles. The molecule has 1 aliphatic heterocycles. The van der Waals surface area contributed by atoms with Crippen molar-refractivity contribution in [1.82, 2.24) is 4.90 Å². The fraction of sp³-hybridized carbons (Fsp3) is 0.500. The molecule has 0 bridgehead atoms. The number of halogens is 2. The van der Waals surface area contributed by atoms with Crippen molar-refractivity contribution in [3.63, 3.8) is 0 Å². The highest BCUT2D eigenvalue weighted by Gasteiger charge is 2.27. The Kier molecular flexibility index (Phi) is 4.54. The zero-order valence-corrected chi connectivity index (χ0v) is 13.5. The molecule has 0 radical (unpaired) electrons. The molecule has 18 heavy (non-hydrogen) atoms. The van der Waals surface area contributed by atoms with Crippen molar-refractivity contribution < 1.29 is 4.79 Å². The minimum Gasteiger partial charge on any atom is -0.336 e. The van der Waals surface area contributed by atoms with Crippen molar-refractivity contribution in [2.45, 2.75) is 32.7 Å². The Labute approximate surface area is 127 Å². The maximum absolute atomic E-state index is 12.5. The molecule has 98 valence electrons. The van der Waals surface area contributed by atoms with Crippen molar-refractivity contribution in [2.24, 2.45) is 5.92 Å². The van der Waals surface area contributed by atoms with Crippen LogP contribution in [0.1, 0.15) is 37.0 Å². The highest BCUT2D eigenvalue weighted by Crippen LogP contribution is 2.25. The van der Waals surface area contributed by atoms with E-state index in [9.17, 15) is 4.79 Å². The van der Waals surface area contributed by atoms with Crippen molar-refractivity contribution in [3.8, 4) is 0 Å². The second kappa shape index (κ2) is 5.78. The predicted molar refractivity (Wildman–Crippen MR) is 83.1 cm³/mol. The monoisotopic (exact) mass is 377 g/mol. The molecule has 1 fully saturated rings. The van der Waals surface area contributed by atoms with E-state index in [0.717, 1.165) is 16.5 Å². The molecule has 2 unspecified atom stereocenters. The molecule has 1 aromatic carbocycles. The fourth-order valence-corrected chi connectivity index (χ4v) is 2.88. The van der Waals surface area contributed by atoms with Gasteiger partial charge in [0.15, 0.2) is 0 Å². The van der Waals surface area contributed by atoms with Gasteiger partial charge in [-0.3, -0.25) is 4.79 Å². The van der Waals surface area contributed by atoms with Gasteiger partial charge in [-0.1, -0.05) is 18.5 Å². The van der Waals surface area contributed by atoms with Crippen LogP contribution < -0.4 is 0 Å². The molecule has 1 aromatic rings. The van der Waals surface area contributed by atoms with Crippen LogP contribution in [-0.4, -0.2) is 23.4 Å². The fourth-order valence-electron chi connectivity index (χ4n) is 2.37. The Bertz CT molecular complexity index is 463. The number of hydrogen-bond acceptors (Lipinski definition) is 1. The third-order valence-corrected chi connectivity index (χ3v) is 5.12. The van der Waals surface area contributed by atoms with E-state index in [1.807, 2.05) is 17.0 Å².